The summed E-state index contributed by atoms with van der Waals surface area (Å²) in [5.41, 5.74) is 0.280. The highest BCUT2D eigenvalue weighted by Gasteiger charge is 2.47. The van der Waals surface area contributed by atoms with Gasteiger partial charge in [-0.25, -0.2) is 4.39 Å². The number of Topliss-reactive ketones (excluding diaryl/α,β-unsaturated/α-hetero) is 1. The molecule has 0 saturated carbocycles. The van der Waals surface area contributed by atoms with Gasteiger partial charge in [0.15, 0.2) is 0 Å². The number of benzene rings is 2. The molecule has 0 bridgehead atoms. The Labute approximate surface area is 197 Å². The van der Waals surface area contributed by atoms with Gasteiger partial charge in [0.2, 0.25) is 0 Å². The Balaban J connectivity index is 1.71. The maximum atomic E-state index is 14.8. The second kappa shape index (κ2) is 10.4. The van der Waals surface area contributed by atoms with E-state index in [1.807, 2.05) is 0 Å². The van der Waals surface area contributed by atoms with E-state index in [0.29, 0.717) is 23.7 Å². The number of ether oxygens (including phenoxy) is 1. The second-order valence-electron chi connectivity index (χ2n) is 8.11. The fourth-order valence-corrected chi connectivity index (χ4v) is 4.04. The van der Waals surface area contributed by atoms with Crippen LogP contribution in [-0.2, 0) is 16.1 Å². The zero-order chi connectivity index (χ0) is 24.1. The molecule has 4 rings (SSSR count). The maximum absolute atomic E-state index is 14.8. The molecule has 7 heteroatoms. The van der Waals surface area contributed by atoms with Crippen LogP contribution in [0.4, 0.5) is 4.39 Å². The predicted octanol–water partition coefficient (Wildman–Crippen LogP) is 5.61. The van der Waals surface area contributed by atoms with Gasteiger partial charge >= 0.3 is 0 Å². The largest absolute Gasteiger partial charge is 0.507 e. The summed E-state index contributed by atoms with van der Waals surface area (Å²) in [5, 5.41) is 11.1. The number of halogens is 1. The summed E-state index contributed by atoms with van der Waals surface area (Å²) in [7, 11) is 0. The average Bonchev–Trinajstić information content (AvgIpc) is 3.45. The second-order valence-corrected chi connectivity index (χ2v) is 8.11. The summed E-state index contributed by atoms with van der Waals surface area (Å²) >= 11 is 0. The van der Waals surface area contributed by atoms with E-state index in [1.54, 1.807) is 42.5 Å². The molecule has 6 nitrogen and oxygen atoms in total. The van der Waals surface area contributed by atoms with Crippen LogP contribution >= 0.6 is 0 Å². The lowest BCUT2D eigenvalue weighted by Gasteiger charge is -2.24. The van der Waals surface area contributed by atoms with Crippen LogP contribution in [0.1, 0.15) is 49.1 Å². The first-order chi connectivity index (χ1) is 16.5. The summed E-state index contributed by atoms with van der Waals surface area (Å²) in [6, 6.07) is 14.7. The third kappa shape index (κ3) is 4.73. The van der Waals surface area contributed by atoms with Crippen LogP contribution in [0, 0.1) is 5.82 Å². The van der Waals surface area contributed by atoms with Crippen molar-refractivity contribution in [3.05, 3.63) is 95.2 Å². The summed E-state index contributed by atoms with van der Waals surface area (Å²) in [6.07, 6.45) is 4.57. The Hall–Kier alpha value is -3.87. The number of carbonyl (C=O) groups is 2. The molecule has 1 atom stereocenters. The fourth-order valence-electron chi connectivity index (χ4n) is 4.04. The highest BCUT2D eigenvalue weighted by molar-refractivity contribution is 6.46. The molecule has 0 spiro atoms. The molecule has 1 aromatic heterocycles. The van der Waals surface area contributed by atoms with E-state index in [4.69, 9.17) is 9.15 Å². The van der Waals surface area contributed by atoms with Gasteiger partial charge in [-0.1, -0.05) is 38.0 Å². The number of furan rings is 1. The molecule has 1 unspecified atom stereocenters. The lowest BCUT2D eigenvalue weighted by Crippen LogP contribution is -2.29. The van der Waals surface area contributed by atoms with Crippen LogP contribution < -0.4 is 4.74 Å². The van der Waals surface area contributed by atoms with E-state index in [-0.39, 0.29) is 23.4 Å². The van der Waals surface area contributed by atoms with Crippen molar-refractivity contribution in [2.75, 3.05) is 6.61 Å². The fraction of sp³-hybridized carbons (Fsp3) is 0.259. The number of hydrogen-bond acceptors (Lipinski definition) is 5. The van der Waals surface area contributed by atoms with Crippen LogP contribution in [0.3, 0.4) is 0 Å². The standard InChI is InChI=1S/C27H26FNO5/c1-2-3-6-15-33-19-13-11-18(12-14-19)25(30)23-24(21-9-4-5-10-22(21)28)29(27(32)26(23)31)17-20-8-7-16-34-20/h4-5,7-14,16,24,30H,2-3,6,15,17H2,1H3/b25-23-. The Kier molecular flexibility index (Phi) is 7.11. The molecule has 1 amide bonds. The normalized spacial score (nSPS) is 17.4. The highest BCUT2D eigenvalue weighted by Crippen LogP contribution is 2.41. The molecule has 0 radical (unpaired) electrons. The summed E-state index contributed by atoms with van der Waals surface area (Å²) in [5.74, 6) is -1.59. The molecular formula is C27H26FNO5. The van der Waals surface area contributed by atoms with Gasteiger partial charge in [0.05, 0.1) is 31.0 Å². The van der Waals surface area contributed by atoms with Crippen molar-refractivity contribution in [3.63, 3.8) is 0 Å². The molecule has 2 aromatic carbocycles. The third-order valence-electron chi connectivity index (χ3n) is 5.79. The molecule has 1 N–H and O–H groups in total. The Morgan fingerprint density at radius 3 is 2.50 bits per heavy atom. The van der Waals surface area contributed by atoms with Crippen molar-refractivity contribution < 1.29 is 28.2 Å². The number of carbonyl (C=O) groups excluding carboxylic acids is 2. The van der Waals surface area contributed by atoms with Crippen molar-refractivity contribution in [1.82, 2.24) is 4.90 Å². The molecule has 176 valence electrons. The van der Waals surface area contributed by atoms with Crippen molar-refractivity contribution in [1.29, 1.82) is 0 Å². The van der Waals surface area contributed by atoms with E-state index < -0.39 is 23.5 Å². The average molecular weight is 464 g/mol. The monoisotopic (exact) mass is 463 g/mol. The van der Waals surface area contributed by atoms with Gasteiger partial charge in [0, 0.05) is 11.1 Å². The van der Waals surface area contributed by atoms with Gasteiger partial charge in [0.25, 0.3) is 11.7 Å². The van der Waals surface area contributed by atoms with Crippen molar-refractivity contribution in [2.45, 2.75) is 38.8 Å². The molecule has 1 fully saturated rings. The van der Waals surface area contributed by atoms with Crippen LogP contribution in [0.25, 0.3) is 5.76 Å². The SMILES string of the molecule is CCCCCOc1ccc(/C(O)=C2/C(=O)C(=O)N(Cc3ccco3)C2c2ccccc2F)cc1. The Morgan fingerprint density at radius 2 is 1.82 bits per heavy atom. The first kappa shape index (κ1) is 23.3. The number of aliphatic hydroxyl groups is 1. The quantitative estimate of drug-likeness (QED) is 0.193. The van der Waals surface area contributed by atoms with Gasteiger partial charge in [-0.05, 0) is 48.9 Å². The zero-order valence-electron chi connectivity index (χ0n) is 18.9. The highest BCUT2D eigenvalue weighted by atomic mass is 19.1. The Morgan fingerprint density at radius 1 is 1.06 bits per heavy atom. The zero-order valence-corrected chi connectivity index (χ0v) is 18.9. The molecule has 1 aliphatic heterocycles. The number of unbranched alkanes of at least 4 members (excludes halogenated alkanes) is 2. The third-order valence-corrected chi connectivity index (χ3v) is 5.79. The van der Waals surface area contributed by atoms with E-state index in [9.17, 15) is 19.1 Å². The molecule has 1 aliphatic rings. The van der Waals surface area contributed by atoms with Gasteiger partial charge in [-0.3, -0.25) is 9.59 Å². The smallest absolute Gasteiger partial charge is 0.296 e. The summed E-state index contributed by atoms with van der Waals surface area (Å²) in [6.45, 7) is 2.66. The van der Waals surface area contributed by atoms with E-state index in [1.165, 1.54) is 29.4 Å². The predicted molar refractivity (Wildman–Crippen MR) is 124 cm³/mol. The van der Waals surface area contributed by atoms with Gasteiger partial charge in [-0.15, -0.1) is 0 Å². The Bertz CT molecular complexity index is 1180. The number of rotatable bonds is 9. The first-order valence-corrected chi connectivity index (χ1v) is 11.3. The van der Waals surface area contributed by atoms with E-state index >= 15 is 0 Å². The topological polar surface area (TPSA) is 80.0 Å². The molecule has 0 aliphatic carbocycles. The lowest BCUT2D eigenvalue weighted by atomic mass is 9.95. The molecule has 3 aromatic rings. The molecular weight excluding hydrogens is 437 g/mol. The molecule has 1 saturated heterocycles. The van der Waals surface area contributed by atoms with Gasteiger partial charge in [-0.2, -0.15) is 0 Å². The van der Waals surface area contributed by atoms with Crippen LogP contribution in [-0.4, -0.2) is 28.3 Å². The van der Waals surface area contributed by atoms with Crippen molar-refractivity contribution in [3.8, 4) is 5.75 Å². The summed E-state index contributed by atoms with van der Waals surface area (Å²) < 4.78 is 25.9. The van der Waals surface area contributed by atoms with Crippen molar-refractivity contribution in [2.24, 2.45) is 0 Å². The minimum atomic E-state index is -1.10. The lowest BCUT2D eigenvalue weighted by molar-refractivity contribution is -0.140. The van der Waals surface area contributed by atoms with E-state index in [2.05, 4.69) is 6.92 Å². The van der Waals surface area contributed by atoms with Crippen LogP contribution in [0.15, 0.2) is 76.9 Å². The molecule has 34 heavy (non-hydrogen) atoms. The number of amides is 1. The van der Waals surface area contributed by atoms with Crippen molar-refractivity contribution >= 4 is 17.4 Å². The summed E-state index contributed by atoms with van der Waals surface area (Å²) in [4.78, 5) is 27.2. The van der Waals surface area contributed by atoms with Crippen LogP contribution in [0.2, 0.25) is 0 Å². The number of ketones is 1. The number of likely N-dealkylation sites (tertiary alicyclic amines) is 1. The number of hydrogen-bond donors (Lipinski definition) is 1. The molecule has 2 heterocycles. The van der Waals surface area contributed by atoms with Gasteiger partial charge < -0.3 is 19.2 Å². The van der Waals surface area contributed by atoms with Gasteiger partial charge in [0.1, 0.15) is 23.1 Å². The van der Waals surface area contributed by atoms with Crippen LogP contribution in [0.5, 0.6) is 5.75 Å². The minimum Gasteiger partial charge on any atom is -0.507 e. The number of aliphatic hydroxyl groups excluding tert-OH is 1. The minimum absolute atomic E-state index is 0.0438. The number of nitrogens with zero attached hydrogens (tertiary/aromatic N) is 1. The first-order valence-electron chi connectivity index (χ1n) is 11.3. The van der Waals surface area contributed by atoms with E-state index in [0.717, 1.165) is 19.3 Å². The maximum Gasteiger partial charge on any atom is 0.296 e.